The first-order valence-electron chi connectivity index (χ1n) is 5.87. The van der Waals surface area contributed by atoms with Gasteiger partial charge in [-0.1, -0.05) is 6.07 Å². The number of phenols is 1. The highest BCUT2D eigenvalue weighted by Gasteiger charge is 2.22. The number of anilines is 1. The minimum Gasteiger partial charge on any atom is -0.508 e. The third-order valence-corrected chi connectivity index (χ3v) is 4.39. The molecule has 7 nitrogen and oxygen atoms in total. The van der Waals surface area contributed by atoms with E-state index in [1.807, 2.05) is 0 Å². The van der Waals surface area contributed by atoms with Gasteiger partial charge in [0.1, 0.15) is 5.75 Å². The van der Waals surface area contributed by atoms with E-state index >= 15 is 0 Å². The molecule has 0 bridgehead atoms. The Kier molecular flexibility index (Phi) is 3.81. The van der Waals surface area contributed by atoms with E-state index in [4.69, 9.17) is 5.11 Å². The van der Waals surface area contributed by atoms with Crippen molar-refractivity contribution in [2.45, 2.75) is 11.8 Å². The van der Waals surface area contributed by atoms with Crippen LogP contribution in [0.4, 0.5) is 11.4 Å². The summed E-state index contributed by atoms with van der Waals surface area (Å²) in [6.45, 7) is 1.38. The molecule has 2 rings (SSSR count). The Morgan fingerprint density at radius 2 is 1.76 bits per heavy atom. The van der Waals surface area contributed by atoms with Crippen molar-refractivity contribution in [3.8, 4) is 5.75 Å². The van der Waals surface area contributed by atoms with Crippen molar-refractivity contribution in [1.29, 1.82) is 0 Å². The van der Waals surface area contributed by atoms with Crippen LogP contribution in [0.25, 0.3) is 0 Å². The molecule has 8 heteroatoms. The number of hydrogen-bond donors (Lipinski definition) is 2. The van der Waals surface area contributed by atoms with E-state index in [9.17, 15) is 18.5 Å². The summed E-state index contributed by atoms with van der Waals surface area (Å²) in [5.74, 6) is 0.00415. The van der Waals surface area contributed by atoms with Gasteiger partial charge >= 0.3 is 0 Å². The molecule has 2 aromatic rings. The third kappa shape index (κ3) is 3.11. The van der Waals surface area contributed by atoms with Crippen molar-refractivity contribution in [1.82, 2.24) is 0 Å². The summed E-state index contributed by atoms with van der Waals surface area (Å²) < 4.78 is 26.9. The first-order chi connectivity index (χ1) is 9.81. The molecule has 0 atom stereocenters. The van der Waals surface area contributed by atoms with Crippen molar-refractivity contribution in [2.75, 3.05) is 4.72 Å². The highest BCUT2D eigenvalue weighted by molar-refractivity contribution is 7.92. The van der Waals surface area contributed by atoms with Gasteiger partial charge in [-0.15, -0.1) is 0 Å². The van der Waals surface area contributed by atoms with Crippen LogP contribution >= 0.6 is 0 Å². The molecule has 0 heterocycles. The number of phenolic OH excluding ortho intramolecular Hbond substituents is 1. The standard InChI is InChI=1S/C13H12N2O5S/c1-9-12(15(17)18)3-2-4-13(9)21(19,20)14-10-5-7-11(16)8-6-10/h2-8,14,16H,1H3. The molecule has 110 valence electrons. The molecule has 0 spiro atoms. The van der Waals surface area contributed by atoms with Gasteiger partial charge in [-0.3, -0.25) is 14.8 Å². The molecule has 0 aliphatic heterocycles. The summed E-state index contributed by atoms with van der Waals surface area (Å²) in [6.07, 6.45) is 0. The molecule has 21 heavy (non-hydrogen) atoms. The van der Waals surface area contributed by atoms with Crippen LogP contribution in [0.1, 0.15) is 5.56 Å². The summed E-state index contributed by atoms with van der Waals surface area (Å²) in [5, 5.41) is 20.0. The maximum atomic E-state index is 12.3. The number of benzene rings is 2. The Morgan fingerprint density at radius 3 is 2.33 bits per heavy atom. The maximum absolute atomic E-state index is 12.3. The number of nitro groups is 1. The van der Waals surface area contributed by atoms with E-state index < -0.39 is 14.9 Å². The smallest absolute Gasteiger partial charge is 0.273 e. The van der Waals surface area contributed by atoms with Crippen LogP contribution in [0.2, 0.25) is 0 Å². The van der Waals surface area contributed by atoms with Gasteiger partial charge in [0, 0.05) is 17.3 Å². The third-order valence-electron chi connectivity index (χ3n) is 2.86. The largest absolute Gasteiger partial charge is 0.508 e. The predicted octanol–water partition coefficient (Wildman–Crippen LogP) is 2.41. The molecule has 2 N–H and O–H groups in total. The van der Waals surface area contributed by atoms with Gasteiger partial charge in [-0.05, 0) is 37.3 Å². The average molecular weight is 308 g/mol. The van der Waals surface area contributed by atoms with Crippen LogP contribution in [-0.4, -0.2) is 18.4 Å². The van der Waals surface area contributed by atoms with Crippen LogP contribution in [0.5, 0.6) is 5.75 Å². The zero-order valence-corrected chi connectivity index (χ0v) is 11.8. The van der Waals surface area contributed by atoms with Crippen molar-refractivity contribution < 1.29 is 18.4 Å². The van der Waals surface area contributed by atoms with Crippen LogP contribution < -0.4 is 4.72 Å². The zero-order chi connectivity index (χ0) is 15.6. The number of sulfonamides is 1. The van der Waals surface area contributed by atoms with E-state index in [1.54, 1.807) is 0 Å². The lowest BCUT2D eigenvalue weighted by Crippen LogP contribution is -2.14. The fourth-order valence-electron chi connectivity index (χ4n) is 1.83. The maximum Gasteiger partial charge on any atom is 0.273 e. The Bertz CT molecular complexity index is 785. The summed E-state index contributed by atoms with van der Waals surface area (Å²) in [4.78, 5) is 10.1. The number of hydrogen-bond acceptors (Lipinski definition) is 5. The quantitative estimate of drug-likeness (QED) is 0.512. The second kappa shape index (κ2) is 5.41. The lowest BCUT2D eigenvalue weighted by molar-refractivity contribution is -0.385. The molecule has 0 aliphatic carbocycles. The minimum atomic E-state index is -3.95. The number of nitro benzene ring substituents is 1. The lowest BCUT2D eigenvalue weighted by Gasteiger charge is -2.10. The van der Waals surface area contributed by atoms with Gasteiger partial charge in [0.15, 0.2) is 0 Å². The molecule has 2 aromatic carbocycles. The van der Waals surface area contributed by atoms with Gasteiger partial charge in [-0.2, -0.15) is 0 Å². The highest BCUT2D eigenvalue weighted by Crippen LogP contribution is 2.26. The van der Waals surface area contributed by atoms with E-state index in [0.29, 0.717) is 0 Å². The van der Waals surface area contributed by atoms with E-state index in [1.165, 1.54) is 49.4 Å². The second-order valence-corrected chi connectivity index (χ2v) is 5.96. The normalized spacial score (nSPS) is 11.1. The van der Waals surface area contributed by atoms with Crippen molar-refractivity contribution in [3.05, 3.63) is 58.1 Å². The van der Waals surface area contributed by atoms with Crippen LogP contribution in [-0.2, 0) is 10.0 Å². The monoisotopic (exact) mass is 308 g/mol. The zero-order valence-electron chi connectivity index (χ0n) is 11.0. The first-order valence-corrected chi connectivity index (χ1v) is 7.35. The van der Waals surface area contributed by atoms with Gasteiger partial charge in [0.2, 0.25) is 0 Å². The van der Waals surface area contributed by atoms with Crippen molar-refractivity contribution >= 4 is 21.4 Å². The minimum absolute atomic E-state index is 0.00415. The predicted molar refractivity (Wildman–Crippen MR) is 76.7 cm³/mol. The molecular weight excluding hydrogens is 296 g/mol. The fraction of sp³-hybridized carbons (Fsp3) is 0.0769. The number of nitrogens with one attached hydrogen (secondary N) is 1. The Balaban J connectivity index is 2.42. The molecule has 0 saturated carbocycles. The van der Waals surface area contributed by atoms with Crippen molar-refractivity contribution in [3.63, 3.8) is 0 Å². The number of aromatic hydroxyl groups is 1. The van der Waals surface area contributed by atoms with E-state index in [2.05, 4.69) is 4.72 Å². The van der Waals surface area contributed by atoms with E-state index in [0.717, 1.165) is 0 Å². The molecule has 0 unspecified atom stereocenters. The van der Waals surface area contributed by atoms with E-state index in [-0.39, 0.29) is 27.6 Å². The SMILES string of the molecule is Cc1c([N+](=O)[O-])cccc1S(=O)(=O)Nc1ccc(O)cc1. The second-order valence-electron chi connectivity index (χ2n) is 4.31. The molecule has 0 aromatic heterocycles. The molecule has 0 aliphatic rings. The topological polar surface area (TPSA) is 110 Å². The lowest BCUT2D eigenvalue weighted by atomic mass is 10.2. The Labute approximate surface area is 121 Å². The Hall–Kier alpha value is -2.61. The van der Waals surface area contributed by atoms with Crippen LogP contribution in [0.3, 0.4) is 0 Å². The summed E-state index contributed by atoms with van der Waals surface area (Å²) >= 11 is 0. The molecule has 0 saturated heterocycles. The molecule has 0 amide bonds. The number of rotatable bonds is 4. The average Bonchev–Trinajstić information content (AvgIpc) is 2.41. The van der Waals surface area contributed by atoms with Crippen molar-refractivity contribution in [2.24, 2.45) is 0 Å². The molecule has 0 fully saturated rings. The van der Waals surface area contributed by atoms with Gasteiger partial charge in [0.25, 0.3) is 15.7 Å². The molecule has 0 radical (unpaired) electrons. The highest BCUT2D eigenvalue weighted by atomic mass is 32.2. The molecular formula is C13H12N2O5S. The van der Waals surface area contributed by atoms with Gasteiger partial charge in [-0.25, -0.2) is 8.42 Å². The van der Waals surface area contributed by atoms with Gasteiger partial charge in [0.05, 0.1) is 9.82 Å². The van der Waals surface area contributed by atoms with Crippen LogP contribution in [0.15, 0.2) is 47.4 Å². The van der Waals surface area contributed by atoms with Crippen LogP contribution in [0, 0.1) is 17.0 Å². The number of nitrogens with zero attached hydrogens (tertiary/aromatic N) is 1. The summed E-state index contributed by atoms with van der Waals surface area (Å²) in [6, 6.07) is 9.30. The summed E-state index contributed by atoms with van der Waals surface area (Å²) in [7, 11) is -3.95. The summed E-state index contributed by atoms with van der Waals surface area (Å²) in [5.41, 5.74) is 0.0519. The Morgan fingerprint density at radius 1 is 1.14 bits per heavy atom. The fourth-order valence-corrected chi connectivity index (χ4v) is 3.15. The van der Waals surface area contributed by atoms with Gasteiger partial charge < -0.3 is 5.11 Å². The first kappa shape index (κ1) is 14.8.